The summed E-state index contributed by atoms with van der Waals surface area (Å²) in [5.74, 6) is -3.20. The Balaban J connectivity index is 1.75. The molecule has 2 amide bonds. The maximum Gasteiger partial charge on any atom is 0.307 e. The zero-order valence-corrected chi connectivity index (χ0v) is 26.5. The van der Waals surface area contributed by atoms with E-state index >= 15 is 0 Å². The summed E-state index contributed by atoms with van der Waals surface area (Å²) in [5.41, 5.74) is 5.07. The fraction of sp³-hybridized carbons (Fsp3) is 0.432. The van der Waals surface area contributed by atoms with Gasteiger partial charge in [0.15, 0.2) is 0 Å². The molecule has 0 heterocycles. The molecule has 3 aromatic carbocycles. The standard InChI is InChI=1S/C37H48N2O4/c1-7-15-32(36(42)43)31(21-14-16-27-22-23-30(25(2)24-27)29-19-12-9-13-20-29)34(40)39-33(37(4,5)6)35(41)38-26(3)28-17-10-8-11-18-28/h8-13,17-20,22-24,26,31-33H,7,14-16,21H2,1-6H3,(H,38,41)(H,39,40)(H,42,43)/t26-,31-,32+,33-/m1/s1. The van der Waals surface area contributed by atoms with Gasteiger partial charge in [-0.15, -0.1) is 0 Å². The lowest BCUT2D eigenvalue weighted by atomic mass is 9.81. The highest BCUT2D eigenvalue weighted by atomic mass is 16.4. The summed E-state index contributed by atoms with van der Waals surface area (Å²) in [4.78, 5) is 39.6. The maximum absolute atomic E-state index is 13.8. The third-order valence-corrected chi connectivity index (χ3v) is 8.17. The van der Waals surface area contributed by atoms with Crippen LogP contribution in [0, 0.1) is 24.2 Å². The predicted octanol–water partition coefficient (Wildman–Crippen LogP) is 7.51. The molecular formula is C37H48N2O4. The monoisotopic (exact) mass is 584 g/mol. The van der Waals surface area contributed by atoms with Crippen LogP contribution in [0.3, 0.4) is 0 Å². The van der Waals surface area contributed by atoms with Crippen molar-refractivity contribution in [1.29, 1.82) is 0 Å². The fourth-order valence-corrected chi connectivity index (χ4v) is 5.72. The van der Waals surface area contributed by atoms with Gasteiger partial charge in [0.2, 0.25) is 11.8 Å². The van der Waals surface area contributed by atoms with E-state index in [0.29, 0.717) is 25.7 Å². The molecule has 3 N–H and O–H groups in total. The minimum atomic E-state index is -0.973. The molecule has 0 bridgehead atoms. The zero-order chi connectivity index (χ0) is 31.6. The molecule has 4 atom stereocenters. The average Bonchev–Trinajstić information content (AvgIpc) is 2.97. The number of aliphatic carboxylic acids is 1. The van der Waals surface area contributed by atoms with Crippen molar-refractivity contribution < 1.29 is 19.5 Å². The van der Waals surface area contributed by atoms with Gasteiger partial charge in [-0.1, -0.05) is 113 Å². The molecule has 0 aliphatic carbocycles. The molecule has 0 fully saturated rings. The number of rotatable bonds is 14. The Morgan fingerprint density at radius 2 is 1.44 bits per heavy atom. The van der Waals surface area contributed by atoms with Crippen LogP contribution in [0.15, 0.2) is 78.9 Å². The number of hydrogen-bond acceptors (Lipinski definition) is 3. The predicted molar refractivity (Wildman–Crippen MR) is 173 cm³/mol. The van der Waals surface area contributed by atoms with Crippen LogP contribution in [0.5, 0.6) is 0 Å². The summed E-state index contributed by atoms with van der Waals surface area (Å²) in [6.07, 6.45) is 2.86. The Labute approximate surface area is 257 Å². The molecule has 43 heavy (non-hydrogen) atoms. The van der Waals surface area contributed by atoms with Crippen LogP contribution in [-0.2, 0) is 20.8 Å². The Kier molecular flexibility index (Phi) is 12.1. The summed E-state index contributed by atoms with van der Waals surface area (Å²) >= 11 is 0. The van der Waals surface area contributed by atoms with E-state index in [1.54, 1.807) is 0 Å². The van der Waals surface area contributed by atoms with E-state index in [9.17, 15) is 19.5 Å². The van der Waals surface area contributed by atoms with Crippen molar-refractivity contribution >= 4 is 17.8 Å². The van der Waals surface area contributed by atoms with Crippen molar-refractivity contribution in [2.75, 3.05) is 0 Å². The van der Waals surface area contributed by atoms with Crippen molar-refractivity contribution in [2.24, 2.45) is 17.3 Å². The van der Waals surface area contributed by atoms with Crippen LogP contribution < -0.4 is 10.6 Å². The van der Waals surface area contributed by atoms with Gasteiger partial charge in [0.1, 0.15) is 6.04 Å². The average molecular weight is 585 g/mol. The summed E-state index contributed by atoms with van der Waals surface area (Å²) in [6, 6.07) is 25.3. The third kappa shape index (κ3) is 9.54. The highest BCUT2D eigenvalue weighted by Crippen LogP contribution is 2.29. The summed E-state index contributed by atoms with van der Waals surface area (Å²) in [6.45, 7) is 11.7. The first kappa shape index (κ1) is 33.6. The minimum Gasteiger partial charge on any atom is -0.481 e. The van der Waals surface area contributed by atoms with E-state index in [2.05, 4.69) is 47.9 Å². The van der Waals surface area contributed by atoms with Crippen molar-refractivity contribution in [3.8, 4) is 11.1 Å². The van der Waals surface area contributed by atoms with Crippen LogP contribution in [0.2, 0.25) is 0 Å². The molecule has 230 valence electrons. The highest BCUT2D eigenvalue weighted by molar-refractivity contribution is 5.91. The first-order valence-corrected chi connectivity index (χ1v) is 15.5. The van der Waals surface area contributed by atoms with E-state index in [1.807, 2.05) is 83.1 Å². The van der Waals surface area contributed by atoms with Gasteiger partial charge >= 0.3 is 5.97 Å². The Morgan fingerprint density at radius 1 is 0.814 bits per heavy atom. The number of amides is 2. The first-order chi connectivity index (χ1) is 20.4. The Bertz CT molecular complexity index is 1350. The summed E-state index contributed by atoms with van der Waals surface area (Å²) < 4.78 is 0. The number of carboxylic acid groups (broad SMARTS) is 1. The molecule has 0 aliphatic heterocycles. The molecular weight excluding hydrogens is 536 g/mol. The minimum absolute atomic E-state index is 0.241. The van der Waals surface area contributed by atoms with Gasteiger partial charge in [0, 0.05) is 0 Å². The number of carboxylic acids is 1. The van der Waals surface area contributed by atoms with E-state index < -0.39 is 29.3 Å². The number of nitrogens with one attached hydrogen (secondary N) is 2. The highest BCUT2D eigenvalue weighted by Gasteiger charge is 2.38. The van der Waals surface area contributed by atoms with Gasteiger partial charge in [0.05, 0.1) is 17.9 Å². The van der Waals surface area contributed by atoms with Crippen molar-refractivity contribution in [3.63, 3.8) is 0 Å². The van der Waals surface area contributed by atoms with Gasteiger partial charge in [-0.3, -0.25) is 14.4 Å². The molecule has 0 saturated carbocycles. The van der Waals surface area contributed by atoms with Crippen molar-refractivity contribution in [2.45, 2.75) is 85.7 Å². The second-order valence-electron chi connectivity index (χ2n) is 12.7. The lowest BCUT2D eigenvalue weighted by Crippen LogP contribution is -2.56. The van der Waals surface area contributed by atoms with Crippen LogP contribution >= 0.6 is 0 Å². The van der Waals surface area contributed by atoms with E-state index in [0.717, 1.165) is 17.5 Å². The molecule has 3 rings (SSSR count). The lowest BCUT2D eigenvalue weighted by Gasteiger charge is -2.33. The normalized spacial score (nSPS) is 14.3. The molecule has 0 aromatic heterocycles. The van der Waals surface area contributed by atoms with Gasteiger partial charge in [-0.05, 0) is 72.8 Å². The molecule has 3 aromatic rings. The number of aryl methyl sites for hydroxylation is 2. The molecule has 0 spiro atoms. The van der Waals surface area contributed by atoms with Crippen LogP contribution in [-0.4, -0.2) is 28.9 Å². The Hall–Kier alpha value is -3.93. The van der Waals surface area contributed by atoms with Crippen LogP contribution in [0.4, 0.5) is 0 Å². The molecule has 6 nitrogen and oxygen atoms in total. The van der Waals surface area contributed by atoms with Gasteiger partial charge in [-0.2, -0.15) is 0 Å². The SMILES string of the molecule is CCC[C@H](C(=O)O)[C@@H](CCCc1ccc(-c2ccccc2)c(C)c1)C(=O)N[C@H](C(=O)N[C@H](C)c1ccccc1)C(C)(C)C. The quantitative estimate of drug-likeness (QED) is 0.183. The van der Waals surface area contributed by atoms with Crippen molar-refractivity contribution in [3.05, 3.63) is 95.6 Å². The number of hydrogen-bond donors (Lipinski definition) is 3. The van der Waals surface area contributed by atoms with Crippen LogP contribution in [0.25, 0.3) is 11.1 Å². The molecule has 6 heteroatoms. The largest absolute Gasteiger partial charge is 0.481 e. The zero-order valence-electron chi connectivity index (χ0n) is 26.5. The number of carbonyl (C=O) groups excluding carboxylic acids is 2. The fourth-order valence-electron chi connectivity index (χ4n) is 5.72. The van der Waals surface area contributed by atoms with E-state index in [1.165, 1.54) is 16.7 Å². The third-order valence-electron chi connectivity index (χ3n) is 8.17. The van der Waals surface area contributed by atoms with E-state index in [-0.39, 0.29) is 17.9 Å². The lowest BCUT2D eigenvalue weighted by molar-refractivity contribution is -0.148. The first-order valence-electron chi connectivity index (χ1n) is 15.5. The number of benzene rings is 3. The molecule has 0 aliphatic rings. The van der Waals surface area contributed by atoms with Gasteiger partial charge < -0.3 is 15.7 Å². The smallest absolute Gasteiger partial charge is 0.307 e. The summed E-state index contributed by atoms with van der Waals surface area (Å²) in [5, 5.41) is 16.1. The van der Waals surface area contributed by atoms with Crippen LogP contribution in [0.1, 0.15) is 83.0 Å². The van der Waals surface area contributed by atoms with Gasteiger partial charge in [-0.25, -0.2) is 0 Å². The maximum atomic E-state index is 13.8. The second kappa shape index (κ2) is 15.5. The molecule has 0 radical (unpaired) electrons. The Morgan fingerprint density at radius 3 is 2.00 bits per heavy atom. The van der Waals surface area contributed by atoms with E-state index in [4.69, 9.17) is 0 Å². The molecule has 0 unspecified atom stereocenters. The topological polar surface area (TPSA) is 95.5 Å². The summed E-state index contributed by atoms with van der Waals surface area (Å²) in [7, 11) is 0. The number of carbonyl (C=O) groups is 3. The van der Waals surface area contributed by atoms with Gasteiger partial charge in [0.25, 0.3) is 0 Å². The van der Waals surface area contributed by atoms with Crippen molar-refractivity contribution in [1.82, 2.24) is 10.6 Å². The second-order valence-corrected chi connectivity index (χ2v) is 12.7. The molecule has 0 saturated heterocycles.